The molecule has 124 valence electrons. The van der Waals surface area contributed by atoms with Crippen molar-refractivity contribution in [2.45, 2.75) is 32.9 Å². The van der Waals surface area contributed by atoms with Crippen LogP contribution in [0.15, 0.2) is 42.6 Å². The van der Waals surface area contributed by atoms with Crippen LogP contribution in [0.5, 0.6) is 0 Å². The first-order valence-electron chi connectivity index (χ1n) is 7.83. The lowest BCUT2D eigenvalue weighted by Gasteiger charge is -2.13. The summed E-state index contributed by atoms with van der Waals surface area (Å²) in [7, 11) is 0. The van der Waals surface area contributed by atoms with Crippen molar-refractivity contribution in [2.75, 3.05) is 11.9 Å². The molecule has 2 rings (SSSR count). The largest absolute Gasteiger partial charge is 0.391 e. The van der Waals surface area contributed by atoms with Crippen LogP contribution < -0.4 is 10.6 Å². The Balaban J connectivity index is 1.78. The Morgan fingerprint density at radius 2 is 2.00 bits per heavy atom. The molecule has 1 atom stereocenters. The Hall–Kier alpha value is -2.34. The molecule has 0 aliphatic rings. The van der Waals surface area contributed by atoms with Crippen molar-refractivity contribution in [1.29, 1.82) is 0 Å². The molecule has 0 fully saturated rings. The van der Waals surface area contributed by atoms with E-state index in [1.54, 1.807) is 10.7 Å². The van der Waals surface area contributed by atoms with E-state index in [9.17, 15) is 9.90 Å². The number of urea groups is 1. The molecule has 0 radical (unpaired) electrons. The second-order valence-electron chi connectivity index (χ2n) is 6.00. The molecular weight excluding hydrogens is 292 g/mol. The molecule has 0 saturated heterocycles. The third-order valence-corrected chi connectivity index (χ3v) is 3.31. The van der Waals surface area contributed by atoms with Crippen molar-refractivity contribution in [3.8, 4) is 0 Å². The number of nitrogens with one attached hydrogen (secondary N) is 2. The van der Waals surface area contributed by atoms with Gasteiger partial charge in [0.15, 0.2) is 5.82 Å². The van der Waals surface area contributed by atoms with Crippen LogP contribution in [0, 0.1) is 5.92 Å². The lowest BCUT2D eigenvalue weighted by molar-refractivity contribution is 0.148. The van der Waals surface area contributed by atoms with E-state index in [1.165, 1.54) is 0 Å². The van der Waals surface area contributed by atoms with Gasteiger partial charge in [-0.3, -0.25) is 10.00 Å². The summed E-state index contributed by atoms with van der Waals surface area (Å²) < 4.78 is 1.76. The fourth-order valence-electron chi connectivity index (χ4n) is 2.29. The van der Waals surface area contributed by atoms with E-state index >= 15 is 0 Å². The molecule has 0 bridgehead atoms. The Labute approximate surface area is 136 Å². The quantitative estimate of drug-likeness (QED) is 0.734. The van der Waals surface area contributed by atoms with Crippen LogP contribution in [0.2, 0.25) is 0 Å². The predicted molar refractivity (Wildman–Crippen MR) is 90.3 cm³/mol. The van der Waals surface area contributed by atoms with Crippen molar-refractivity contribution in [3.63, 3.8) is 0 Å². The zero-order valence-electron chi connectivity index (χ0n) is 13.6. The number of carbonyl (C=O) groups is 1. The van der Waals surface area contributed by atoms with Crippen molar-refractivity contribution < 1.29 is 9.90 Å². The minimum atomic E-state index is -0.531. The molecule has 1 heterocycles. The van der Waals surface area contributed by atoms with Gasteiger partial charge in [0.05, 0.1) is 12.6 Å². The van der Waals surface area contributed by atoms with Crippen molar-refractivity contribution in [2.24, 2.45) is 5.92 Å². The number of amides is 2. The summed E-state index contributed by atoms with van der Waals surface area (Å²) in [4.78, 5) is 11.8. The van der Waals surface area contributed by atoms with E-state index in [0.29, 0.717) is 24.7 Å². The van der Waals surface area contributed by atoms with Crippen LogP contribution in [0.3, 0.4) is 0 Å². The van der Waals surface area contributed by atoms with E-state index < -0.39 is 6.10 Å². The highest BCUT2D eigenvalue weighted by Crippen LogP contribution is 2.07. The Bertz CT molecular complexity index is 610. The highest BCUT2D eigenvalue weighted by molar-refractivity contribution is 5.88. The molecule has 2 amide bonds. The Kier molecular flexibility index (Phi) is 6.17. The fourth-order valence-corrected chi connectivity index (χ4v) is 2.29. The van der Waals surface area contributed by atoms with Gasteiger partial charge >= 0.3 is 6.03 Å². The average Bonchev–Trinajstić information content (AvgIpc) is 2.92. The predicted octanol–water partition coefficient (Wildman–Crippen LogP) is 2.46. The smallest absolute Gasteiger partial charge is 0.320 e. The summed E-state index contributed by atoms with van der Waals surface area (Å²) in [5.41, 5.74) is 1.14. The van der Waals surface area contributed by atoms with E-state index in [2.05, 4.69) is 15.7 Å². The Morgan fingerprint density at radius 1 is 1.26 bits per heavy atom. The van der Waals surface area contributed by atoms with E-state index in [1.807, 2.05) is 50.4 Å². The number of aromatic nitrogens is 2. The number of aliphatic hydroxyl groups is 1. The molecule has 1 aromatic carbocycles. The average molecular weight is 316 g/mol. The highest BCUT2D eigenvalue weighted by atomic mass is 16.3. The summed E-state index contributed by atoms with van der Waals surface area (Å²) >= 11 is 0. The van der Waals surface area contributed by atoms with Gasteiger partial charge in [-0.2, -0.15) is 5.10 Å². The zero-order valence-corrected chi connectivity index (χ0v) is 13.6. The van der Waals surface area contributed by atoms with Gasteiger partial charge in [0.2, 0.25) is 0 Å². The lowest BCUT2D eigenvalue weighted by atomic mass is 10.1. The molecule has 3 N–H and O–H groups in total. The van der Waals surface area contributed by atoms with Gasteiger partial charge in [-0.05, 0) is 17.9 Å². The summed E-state index contributed by atoms with van der Waals surface area (Å²) in [5, 5.41) is 19.4. The standard InChI is InChI=1S/C17H24N4O2/c1-13(2)10-15(22)11-18-17(23)19-16-8-9-21(20-16)12-14-6-4-3-5-7-14/h3-9,13,15,22H,10-12H2,1-2H3,(H2,18,19,20,23). The van der Waals surface area contributed by atoms with Crippen molar-refractivity contribution >= 4 is 11.8 Å². The highest BCUT2D eigenvalue weighted by Gasteiger charge is 2.10. The van der Waals surface area contributed by atoms with Crippen LogP contribution in [0.4, 0.5) is 10.6 Å². The summed E-state index contributed by atoms with van der Waals surface area (Å²) in [6, 6.07) is 11.4. The van der Waals surface area contributed by atoms with Crippen LogP contribution >= 0.6 is 0 Å². The molecule has 0 spiro atoms. The van der Waals surface area contributed by atoms with E-state index in [4.69, 9.17) is 0 Å². The van der Waals surface area contributed by atoms with Crippen LogP contribution in [0.25, 0.3) is 0 Å². The summed E-state index contributed by atoms with van der Waals surface area (Å²) in [6.45, 7) is 4.94. The molecule has 23 heavy (non-hydrogen) atoms. The number of hydrogen-bond acceptors (Lipinski definition) is 3. The third kappa shape index (κ3) is 6.12. The molecule has 6 heteroatoms. The monoisotopic (exact) mass is 316 g/mol. The van der Waals surface area contributed by atoms with Gasteiger partial charge in [0.25, 0.3) is 0 Å². The number of aliphatic hydroxyl groups excluding tert-OH is 1. The second-order valence-corrected chi connectivity index (χ2v) is 6.00. The molecule has 0 saturated carbocycles. The summed E-state index contributed by atoms with van der Waals surface area (Å²) in [6.07, 6.45) is 1.94. The summed E-state index contributed by atoms with van der Waals surface area (Å²) in [5.74, 6) is 0.875. The maximum atomic E-state index is 11.8. The second kappa shape index (κ2) is 8.33. The van der Waals surface area contributed by atoms with Gasteiger partial charge in [-0.1, -0.05) is 44.2 Å². The molecule has 1 unspecified atom stereocenters. The van der Waals surface area contributed by atoms with Crippen LogP contribution in [-0.2, 0) is 6.54 Å². The van der Waals surface area contributed by atoms with Gasteiger partial charge in [0, 0.05) is 18.8 Å². The van der Waals surface area contributed by atoms with Gasteiger partial charge < -0.3 is 10.4 Å². The van der Waals surface area contributed by atoms with Crippen molar-refractivity contribution in [3.05, 3.63) is 48.2 Å². The molecule has 0 aliphatic heterocycles. The van der Waals surface area contributed by atoms with Gasteiger partial charge in [0.1, 0.15) is 0 Å². The fraction of sp³-hybridized carbons (Fsp3) is 0.412. The van der Waals surface area contributed by atoms with Crippen LogP contribution in [0.1, 0.15) is 25.8 Å². The number of benzene rings is 1. The van der Waals surface area contributed by atoms with E-state index in [0.717, 1.165) is 5.56 Å². The first kappa shape index (κ1) is 17.0. The van der Waals surface area contributed by atoms with E-state index in [-0.39, 0.29) is 12.6 Å². The number of carbonyl (C=O) groups excluding carboxylic acids is 1. The minimum Gasteiger partial charge on any atom is -0.391 e. The number of hydrogen-bond donors (Lipinski definition) is 3. The van der Waals surface area contributed by atoms with Gasteiger partial charge in [-0.25, -0.2) is 4.79 Å². The first-order valence-corrected chi connectivity index (χ1v) is 7.83. The maximum Gasteiger partial charge on any atom is 0.320 e. The van der Waals surface area contributed by atoms with Crippen molar-refractivity contribution in [1.82, 2.24) is 15.1 Å². The van der Waals surface area contributed by atoms with Crippen LogP contribution in [-0.4, -0.2) is 33.6 Å². The molecule has 0 aliphatic carbocycles. The minimum absolute atomic E-state index is 0.231. The molecule has 2 aromatic rings. The number of anilines is 1. The lowest BCUT2D eigenvalue weighted by Crippen LogP contribution is -2.35. The van der Waals surface area contributed by atoms with Gasteiger partial charge in [-0.15, -0.1) is 0 Å². The zero-order chi connectivity index (χ0) is 16.7. The molecule has 6 nitrogen and oxygen atoms in total. The Morgan fingerprint density at radius 3 is 2.70 bits per heavy atom. The number of rotatable bonds is 7. The third-order valence-electron chi connectivity index (χ3n) is 3.31. The number of nitrogens with zero attached hydrogens (tertiary/aromatic N) is 2. The SMILES string of the molecule is CC(C)CC(O)CNC(=O)Nc1ccn(Cc2ccccc2)n1. The molecular formula is C17H24N4O2. The molecule has 1 aromatic heterocycles. The normalized spacial score (nSPS) is 12.2. The maximum absolute atomic E-state index is 11.8. The first-order chi connectivity index (χ1) is 11.0. The topological polar surface area (TPSA) is 79.2 Å².